The van der Waals surface area contributed by atoms with Crippen molar-refractivity contribution in [3.8, 4) is 0 Å². The molecule has 202 valence electrons. The van der Waals surface area contributed by atoms with Gasteiger partial charge in [-0.15, -0.1) is 0 Å². The molecule has 1 aliphatic rings. The van der Waals surface area contributed by atoms with E-state index in [4.69, 9.17) is 4.74 Å². The Morgan fingerprint density at radius 3 is 2.18 bits per heavy atom. The highest BCUT2D eigenvalue weighted by atomic mass is 19.4. The van der Waals surface area contributed by atoms with Gasteiger partial charge in [-0.1, -0.05) is 60.7 Å². The molecule has 1 N–H and O–H groups in total. The van der Waals surface area contributed by atoms with Gasteiger partial charge in [0.15, 0.2) is 0 Å². The van der Waals surface area contributed by atoms with Crippen LogP contribution in [-0.4, -0.2) is 71.8 Å². The smallest absolute Gasteiger partial charge is 0.385 e. The van der Waals surface area contributed by atoms with Gasteiger partial charge in [0.1, 0.15) is 18.6 Å². The Hall–Kier alpha value is -3.99. The second-order valence-corrected chi connectivity index (χ2v) is 8.70. The molecule has 3 rings (SSSR count). The number of amides is 3. The average Bonchev–Trinajstić information content (AvgIpc) is 2.88. The third-order valence-corrected chi connectivity index (χ3v) is 5.98. The number of benzene rings is 2. The Morgan fingerprint density at radius 2 is 1.63 bits per heavy atom. The molecule has 0 aliphatic carbocycles. The van der Waals surface area contributed by atoms with Crippen LogP contribution >= 0.6 is 0 Å². The maximum Gasteiger partial charge on any atom is 0.452 e. The van der Waals surface area contributed by atoms with Crippen molar-refractivity contribution in [1.29, 1.82) is 0 Å². The fourth-order valence-electron chi connectivity index (χ4n) is 4.15. The lowest BCUT2D eigenvalue weighted by Gasteiger charge is -2.39. The molecule has 2 aromatic rings. The van der Waals surface area contributed by atoms with E-state index in [0.717, 1.165) is 4.90 Å². The van der Waals surface area contributed by atoms with Crippen molar-refractivity contribution in [2.75, 3.05) is 20.3 Å². The van der Waals surface area contributed by atoms with Crippen LogP contribution in [0.5, 0.6) is 0 Å². The summed E-state index contributed by atoms with van der Waals surface area (Å²) in [7, 11) is 1.44. The first kappa shape index (κ1) is 28.6. The fourth-order valence-corrected chi connectivity index (χ4v) is 4.15. The number of nitrogens with zero attached hydrogens (tertiary/aromatic N) is 2. The summed E-state index contributed by atoms with van der Waals surface area (Å²) in [5.74, 6) is -4.06. The van der Waals surface area contributed by atoms with E-state index in [-0.39, 0.29) is 25.1 Å². The van der Waals surface area contributed by atoms with E-state index in [9.17, 15) is 32.3 Å². The van der Waals surface area contributed by atoms with Crippen LogP contribution in [0.2, 0.25) is 0 Å². The van der Waals surface area contributed by atoms with Gasteiger partial charge in [-0.2, -0.15) is 13.2 Å². The minimum Gasteiger partial charge on any atom is -0.385 e. The second-order valence-electron chi connectivity index (χ2n) is 8.70. The van der Waals surface area contributed by atoms with Crippen molar-refractivity contribution in [2.45, 2.75) is 38.0 Å². The summed E-state index contributed by atoms with van der Waals surface area (Å²) in [6.45, 7) is 0.782. The normalized spacial score (nSPS) is 16.6. The van der Waals surface area contributed by atoms with Crippen LogP contribution < -0.4 is 5.32 Å². The zero-order chi connectivity index (χ0) is 27.9. The third kappa shape index (κ3) is 7.06. The third-order valence-electron chi connectivity index (χ3n) is 5.98. The molecule has 1 aliphatic heterocycles. The fraction of sp³-hybridized carbons (Fsp3) is 0.333. The number of nitrogens with one attached hydrogen (secondary N) is 1. The Kier molecular flexibility index (Phi) is 9.40. The van der Waals surface area contributed by atoms with Gasteiger partial charge in [0.2, 0.25) is 11.8 Å². The highest BCUT2D eigenvalue weighted by Gasteiger charge is 2.44. The molecule has 2 aromatic carbocycles. The lowest BCUT2D eigenvalue weighted by atomic mass is 10.0. The number of hydrogen-bond acceptors (Lipinski definition) is 5. The Bertz CT molecular complexity index is 1190. The van der Waals surface area contributed by atoms with Crippen LogP contribution in [-0.2, 0) is 30.3 Å². The number of ether oxygens (including phenoxy) is 1. The number of alkyl halides is 3. The molecule has 8 nitrogen and oxygen atoms in total. The zero-order valence-electron chi connectivity index (χ0n) is 20.9. The van der Waals surface area contributed by atoms with Crippen LogP contribution in [0.25, 0.3) is 5.70 Å². The van der Waals surface area contributed by atoms with E-state index < -0.39 is 48.3 Å². The minimum absolute atomic E-state index is 0.134. The first-order chi connectivity index (χ1) is 18.0. The van der Waals surface area contributed by atoms with Crippen molar-refractivity contribution in [2.24, 2.45) is 0 Å². The number of carbonyl (C=O) groups excluding carboxylic acids is 4. The molecule has 1 heterocycles. The molecule has 0 fully saturated rings. The molecule has 2 unspecified atom stereocenters. The van der Waals surface area contributed by atoms with Crippen molar-refractivity contribution in [3.63, 3.8) is 0 Å². The second kappa shape index (κ2) is 12.5. The first-order valence-corrected chi connectivity index (χ1v) is 11.8. The Morgan fingerprint density at radius 1 is 1.03 bits per heavy atom. The first-order valence-electron chi connectivity index (χ1n) is 11.8. The largest absolute Gasteiger partial charge is 0.452 e. The van der Waals surface area contributed by atoms with E-state index >= 15 is 0 Å². The van der Waals surface area contributed by atoms with Gasteiger partial charge in [-0.25, -0.2) is 0 Å². The van der Waals surface area contributed by atoms with Crippen LogP contribution in [0.1, 0.15) is 24.5 Å². The van der Waals surface area contributed by atoms with Crippen LogP contribution in [0.4, 0.5) is 13.2 Å². The Balaban J connectivity index is 1.92. The van der Waals surface area contributed by atoms with Crippen molar-refractivity contribution in [1.82, 2.24) is 15.1 Å². The van der Waals surface area contributed by atoms with Crippen molar-refractivity contribution >= 4 is 29.2 Å². The Labute approximate surface area is 218 Å². The molecule has 0 radical (unpaired) electrons. The quantitative estimate of drug-likeness (QED) is 0.509. The zero-order valence-corrected chi connectivity index (χ0v) is 20.9. The van der Waals surface area contributed by atoms with Gasteiger partial charge in [0.05, 0.1) is 5.70 Å². The van der Waals surface area contributed by atoms with Crippen molar-refractivity contribution < 1.29 is 37.1 Å². The highest BCUT2D eigenvalue weighted by molar-refractivity contribution is 6.00. The summed E-state index contributed by atoms with van der Waals surface area (Å²) in [6.07, 6.45) is -3.98. The maximum absolute atomic E-state index is 13.5. The summed E-state index contributed by atoms with van der Waals surface area (Å²) in [5.41, 5.74) is 1.15. The highest BCUT2D eigenvalue weighted by Crippen LogP contribution is 2.28. The number of Topliss-reactive ketones (excluding diaryl/α,β-unsaturated/α-hetero) is 1. The van der Waals surface area contributed by atoms with Gasteiger partial charge in [0, 0.05) is 39.7 Å². The van der Waals surface area contributed by atoms with E-state index in [1.54, 1.807) is 60.7 Å². The number of carbonyl (C=O) groups is 4. The molecule has 11 heteroatoms. The molecule has 0 bridgehead atoms. The lowest BCUT2D eigenvalue weighted by Crippen LogP contribution is -2.56. The maximum atomic E-state index is 13.5. The van der Waals surface area contributed by atoms with Crippen LogP contribution in [0.15, 0.2) is 66.9 Å². The predicted molar refractivity (Wildman–Crippen MR) is 132 cm³/mol. The molecule has 0 saturated heterocycles. The van der Waals surface area contributed by atoms with Crippen LogP contribution in [0, 0.1) is 0 Å². The van der Waals surface area contributed by atoms with E-state index in [2.05, 4.69) is 5.32 Å². The number of methoxy groups -OCH3 is 1. The van der Waals surface area contributed by atoms with Gasteiger partial charge in [-0.05, 0) is 11.1 Å². The van der Waals surface area contributed by atoms with E-state index in [1.807, 2.05) is 0 Å². The van der Waals surface area contributed by atoms with Gasteiger partial charge >= 0.3 is 6.18 Å². The summed E-state index contributed by atoms with van der Waals surface area (Å²) in [6, 6.07) is 13.6. The summed E-state index contributed by atoms with van der Waals surface area (Å²) in [4.78, 5) is 53.5. The monoisotopic (exact) mass is 531 g/mol. The van der Waals surface area contributed by atoms with Crippen LogP contribution in [0.3, 0.4) is 0 Å². The predicted octanol–water partition coefficient (Wildman–Crippen LogP) is 2.94. The van der Waals surface area contributed by atoms with Gasteiger partial charge < -0.3 is 15.0 Å². The number of ketones is 1. The number of halogens is 3. The molecule has 0 aromatic heterocycles. The lowest BCUT2D eigenvalue weighted by molar-refractivity contribution is -0.173. The van der Waals surface area contributed by atoms with E-state index in [0.29, 0.717) is 11.1 Å². The molecule has 38 heavy (non-hydrogen) atoms. The summed E-state index contributed by atoms with van der Waals surface area (Å²) in [5, 5.41) is 2.17. The average molecular weight is 532 g/mol. The SMILES string of the molecule is COCCC1C(=O)N(CC(=O)NC(Cc2ccccc2)C(=O)C(F)(F)F)C(c2ccccc2)=CN1C(C)=O. The molecule has 3 amide bonds. The molecule has 0 spiro atoms. The van der Waals surface area contributed by atoms with E-state index in [1.165, 1.54) is 25.1 Å². The molecule has 2 atom stereocenters. The summed E-state index contributed by atoms with van der Waals surface area (Å²) < 4.78 is 45.0. The number of rotatable bonds is 10. The molecular formula is C27H28F3N3O5. The molecular weight excluding hydrogens is 503 g/mol. The number of hydrogen-bond donors (Lipinski definition) is 1. The molecule has 0 saturated carbocycles. The summed E-state index contributed by atoms with van der Waals surface area (Å²) >= 11 is 0. The topological polar surface area (TPSA) is 96.0 Å². The van der Waals surface area contributed by atoms with Crippen molar-refractivity contribution in [3.05, 3.63) is 78.0 Å². The minimum atomic E-state index is -5.17. The van der Waals surface area contributed by atoms with Gasteiger partial charge in [0.25, 0.3) is 11.7 Å². The standard InChI is InChI=1S/C27H28F3N3O5/c1-18(34)32-16-23(20-11-7-4-8-12-20)33(26(37)22(32)13-14-38-2)17-24(35)31-21(25(36)27(28,29)30)15-19-9-5-3-6-10-19/h3-12,16,21-22H,13-15,17H2,1-2H3,(H,31,35). The van der Waals surface area contributed by atoms with Gasteiger partial charge in [-0.3, -0.25) is 24.1 Å².